The van der Waals surface area contributed by atoms with Crippen LogP contribution in [0.4, 0.5) is 14.4 Å². The normalized spacial score (nSPS) is 13.0. The predicted molar refractivity (Wildman–Crippen MR) is 239 cm³/mol. The third-order valence-electron chi connectivity index (χ3n) is 9.97. The monoisotopic (exact) mass is 914 g/mol. The second kappa shape index (κ2) is 24.4. The van der Waals surface area contributed by atoms with Crippen LogP contribution in [0.5, 0.6) is 0 Å². The molecule has 0 N–H and O–H groups in total. The molecule has 3 rings (SSSR count). The summed E-state index contributed by atoms with van der Waals surface area (Å²) in [6.45, 7) is 30.7. The molecule has 18 heteroatoms. The van der Waals surface area contributed by atoms with Crippen LogP contribution in [0.3, 0.4) is 0 Å². The van der Waals surface area contributed by atoms with Crippen molar-refractivity contribution >= 4 is 62.8 Å². The first-order chi connectivity index (χ1) is 30.1. The highest BCUT2D eigenvalue weighted by Gasteiger charge is 2.61. The Morgan fingerprint density at radius 2 is 0.667 bits per heavy atom. The molecule has 3 atom stereocenters. The van der Waals surface area contributed by atoms with Crippen LogP contribution >= 0.6 is 0 Å². The number of hydrogen-bond acceptors (Lipinski definition) is 15. The molecule has 0 aliphatic carbocycles. The highest BCUT2D eigenvalue weighted by Crippen LogP contribution is 2.45. The third-order valence-corrected chi connectivity index (χ3v) is 17.6. The lowest BCUT2D eigenvalue weighted by Gasteiger charge is -2.51. The molecule has 15 nitrogen and oxygen atoms in total. The van der Waals surface area contributed by atoms with E-state index in [1.54, 1.807) is 43.3 Å². The van der Waals surface area contributed by atoms with Gasteiger partial charge in [-0.1, -0.05) is 94.2 Å². The lowest BCUT2D eigenvalue weighted by Crippen LogP contribution is -2.67. The van der Waals surface area contributed by atoms with E-state index in [4.69, 9.17) is 43.5 Å². The number of carbonyl (C=O) groups excluding carboxylic acids is 6. The number of hydrogen-bond donors (Lipinski definition) is 0. The maximum Gasteiger partial charge on any atom is 0.549 e. The average Bonchev–Trinajstić information content (AvgIpc) is 3.28. The van der Waals surface area contributed by atoms with Gasteiger partial charge in [0.1, 0.15) is 43.6 Å². The highest BCUT2D eigenvalue weighted by molar-refractivity contribution is 6.74. The maximum absolute atomic E-state index is 13.7. The van der Waals surface area contributed by atoms with Crippen molar-refractivity contribution in [3.05, 3.63) is 180 Å². The average molecular weight is 915 g/mol. The van der Waals surface area contributed by atoms with Crippen molar-refractivity contribution in [2.45, 2.75) is 51.3 Å². The smallest absolute Gasteiger partial charge is 0.431 e. The van der Waals surface area contributed by atoms with Gasteiger partial charge in [0, 0.05) is 0 Å². The topological polar surface area (TPSA) is 185 Å². The molecule has 3 aromatic rings. The maximum atomic E-state index is 13.7. The molecule has 0 saturated carbocycles. The Labute approximate surface area is 370 Å². The van der Waals surface area contributed by atoms with Crippen LogP contribution in [-0.4, -0.2) is 79.9 Å². The van der Waals surface area contributed by atoms with Crippen LogP contribution in [0.2, 0.25) is 0 Å². The number of benzene rings is 3. The minimum absolute atomic E-state index is 0.0546. The molecule has 332 valence electrons. The van der Waals surface area contributed by atoms with Gasteiger partial charge in [-0.2, -0.15) is 14.4 Å². The van der Waals surface area contributed by atoms with Crippen molar-refractivity contribution in [2.24, 2.45) is 5.41 Å². The number of ether oxygens (including phenoxy) is 3. The molecule has 0 bridgehead atoms. The van der Waals surface area contributed by atoms with Crippen molar-refractivity contribution < 1.29 is 72.3 Å². The Morgan fingerprint density at radius 3 is 0.857 bits per heavy atom. The minimum Gasteiger partial charge on any atom is -0.431 e. The first-order valence-electron chi connectivity index (χ1n) is 19.4. The fraction of sp³-hybridized carbons (Fsp3) is 0.200. The van der Waals surface area contributed by atoms with E-state index in [2.05, 4.69) is 39.5 Å². The Bertz CT molecular complexity index is 1890. The zero-order valence-electron chi connectivity index (χ0n) is 35.4. The van der Waals surface area contributed by atoms with Gasteiger partial charge in [-0.3, -0.25) is 0 Å². The molecule has 0 saturated heterocycles. The zero-order chi connectivity index (χ0) is 46.7. The minimum atomic E-state index is -2.97. The number of rotatable bonds is 19. The lowest BCUT2D eigenvalue weighted by molar-refractivity contribution is -0.226. The van der Waals surface area contributed by atoms with Gasteiger partial charge in [0.05, 0.1) is 22.1 Å². The van der Waals surface area contributed by atoms with E-state index in [9.17, 15) is 28.8 Å². The second-order valence-corrected chi connectivity index (χ2v) is 22.0. The van der Waals surface area contributed by atoms with Gasteiger partial charge in [-0.05, 0) is 63.6 Å². The molecular weight excluding hydrogens is 865 g/mol. The van der Waals surface area contributed by atoms with E-state index in [0.29, 0.717) is 0 Å². The standard InChI is InChI=1S/C45H50O15Si3/c1-11-45(39(61(12-2)13-3)52-42(49)58-55-36(46)33-24-18-30(8)19-25-33,40(62(14-4)15-5)53-43(50)59-56-37(47)34-26-20-31(9)21-27-34)41(63(16-6)17-7)54-44(51)60-57-38(48)35-28-22-32(10)23-29-35/h12-29,39-41,61-63H,2-7,11H2,1,8-10H3. The van der Waals surface area contributed by atoms with Crippen molar-refractivity contribution in [1.82, 2.24) is 0 Å². The summed E-state index contributed by atoms with van der Waals surface area (Å²) in [4.78, 5) is 109. The number of carbonyl (C=O) groups is 6. The van der Waals surface area contributed by atoms with Gasteiger partial charge in [-0.15, -0.1) is 39.5 Å². The summed E-state index contributed by atoms with van der Waals surface area (Å²) in [5.41, 5.74) is 5.09. The van der Waals surface area contributed by atoms with Crippen LogP contribution in [-0.2, 0) is 43.5 Å². The van der Waals surface area contributed by atoms with Gasteiger partial charge < -0.3 is 14.2 Å². The SMILES string of the molecule is C=C[SiH](C=C)C(OC(=O)OOC(=O)c1ccc(C)cc1)C(CC)(C(OC(=O)OOC(=O)c1ccc(C)cc1)[SiH](C=C)C=C)C(OC(=O)OOC(=O)c1ccc(C)cc1)[SiH](C=C)C=C. The Kier molecular flexibility index (Phi) is 19.5. The van der Waals surface area contributed by atoms with Crippen LogP contribution in [0.1, 0.15) is 61.1 Å². The number of aryl methyl sites for hydroxylation is 3. The molecule has 0 aliphatic rings. The lowest BCUT2D eigenvalue weighted by atomic mass is 9.86. The Balaban J connectivity index is 2.20. The fourth-order valence-corrected chi connectivity index (χ4v) is 14.1. The van der Waals surface area contributed by atoms with Gasteiger partial charge in [0.2, 0.25) is 0 Å². The molecule has 63 heavy (non-hydrogen) atoms. The largest absolute Gasteiger partial charge is 0.549 e. The quantitative estimate of drug-likeness (QED) is 0.0372. The van der Waals surface area contributed by atoms with E-state index >= 15 is 0 Å². The summed E-state index contributed by atoms with van der Waals surface area (Å²) in [7, 11) is -8.91. The molecule has 3 unspecified atom stereocenters. The van der Waals surface area contributed by atoms with Gasteiger partial charge in [0.25, 0.3) is 0 Å². The highest BCUT2D eigenvalue weighted by atomic mass is 28.3. The molecule has 0 fully saturated rings. The molecule has 0 radical (unpaired) electrons. The first kappa shape index (κ1) is 50.3. The fourth-order valence-electron chi connectivity index (χ4n) is 6.56. The summed E-state index contributed by atoms with van der Waals surface area (Å²) in [6, 6.07) is 18.6. The van der Waals surface area contributed by atoms with E-state index in [-0.39, 0.29) is 23.1 Å². The molecular formula is C45H50O15Si3. The van der Waals surface area contributed by atoms with Crippen molar-refractivity contribution in [2.75, 3.05) is 0 Å². The van der Waals surface area contributed by atoms with E-state index < -0.39 is 85.4 Å². The van der Waals surface area contributed by atoms with Crippen molar-refractivity contribution in [1.29, 1.82) is 0 Å². The predicted octanol–water partition coefficient (Wildman–Crippen LogP) is 7.84. The first-order valence-corrected chi connectivity index (χ1v) is 25.4. The molecule has 3 aromatic carbocycles. The van der Waals surface area contributed by atoms with Crippen LogP contribution in [0.25, 0.3) is 0 Å². The summed E-state index contributed by atoms with van der Waals surface area (Å²) in [6.07, 6.45) is -4.77. The summed E-state index contributed by atoms with van der Waals surface area (Å²) in [5, 5.41) is 0. The van der Waals surface area contributed by atoms with Gasteiger partial charge >= 0.3 is 36.4 Å². The summed E-state index contributed by atoms with van der Waals surface area (Å²) >= 11 is 0. The van der Waals surface area contributed by atoms with Crippen molar-refractivity contribution in [3.8, 4) is 0 Å². The van der Waals surface area contributed by atoms with Crippen molar-refractivity contribution in [3.63, 3.8) is 0 Å². The Hall–Kier alpha value is -7.03. The van der Waals surface area contributed by atoms with E-state index in [0.717, 1.165) is 16.7 Å². The van der Waals surface area contributed by atoms with E-state index in [1.165, 1.54) is 70.6 Å². The molecule has 0 spiro atoms. The summed E-state index contributed by atoms with van der Waals surface area (Å²) in [5.74, 6) is -3.09. The summed E-state index contributed by atoms with van der Waals surface area (Å²) < 4.78 is 18.1. The van der Waals surface area contributed by atoms with Crippen LogP contribution < -0.4 is 0 Å². The zero-order valence-corrected chi connectivity index (χ0v) is 38.9. The van der Waals surface area contributed by atoms with Gasteiger partial charge in [-0.25, -0.2) is 43.7 Å². The molecule has 0 aromatic heterocycles. The Morgan fingerprint density at radius 1 is 0.444 bits per heavy atom. The van der Waals surface area contributed by atoms with Gasteiger partial charge in [0.15, 0.2) is 0 Å². The van der Waals surface area contributed by atoms with Crippen LogP contribution in [0, 0.1) is 26.2 Å². The molecule has 0 heterocycles. The second-order valence-electron chi connectivity index (χ2n) is 13.9. The third kappa shape index (κ3) is 13.5. The molecule has 0 aliphatic heterocycles. The van der Waals surface area contributed by atoms with E-state index in [1.807, 2.05) is 20.8 Å². The molecule has 0 amide bonds. The van der Waals surface area contributed by atoms with Crippen LogP contribution in [0.15, 0.2) is 146 Å².